The average Bonchev–Trinajstić information content (AvgIpc) is 2.37. The SMILES string of the molecule is O=CCCCCCCCC1CCCC(O)C1C(=O)O. The van der Waals surface area contributed by atoms with Crippen LogP contribution in [0.15, 0.2) is 0 Å². The van der Waals surface area contributed by atoms with E-state index in [2.05, 4.69) is 0 Å². The number of aliphatic hydroxyl groups is 1. The van der Waals surface area contributed by atoms with Crippen LogP contribution in [0.5, 0.6) is 0 Å². The van der Waals surface area contributed by atoms with Crippen LogP contribution in [0.4, 0.5) is 0 Å². The third-order valence-electron chi connectivity index (χ3n) is 4.18. The Kier molecular flexibility index (Phi) is 7.72. The first-order valence-corrected chi connectivity index (χ1v) is 7.51. The third kappa shape index (κ3) is 5.72. The van der Waals surface area contributed by atoms with E-state index in [1.54, 1.807) is 0 Å². The first kappa shape index (κ1) is 16.2. The Hall–Kier alpha value is -0.900. The van der Waals surface area contributed by atoms with Gasteiger partial charge in [-0.25, -0.2) is 0 Å². The van der Waals surface area contributed by atoms with E-state index in [0.29, 0.717) is 12.8 Å². The molecule has 0 amide bonds. The summed E-state index contributed by atoms with van der Waals surface area (Å²) in [5.41, 5.74) is 0. The number of aliphatic hydroxyl groups excluding tert-OH is 1. The van der Waals surface area contributed by atoms with E-state index < -0.39 is 18.0 Å². The van der Waals surface area contributed by atoms with Crippen LogP contribution in [0.3, 0.4) is 0 Å². The quantitative estimate of drug-likeness (QED) is 0.499. The third-order valence-corrected chi connectivity index (χ3v) is 4.18. The van der Waals surface area contributed by atoms with E-state index in [1.165, 1.54) is 0 Å². The fraction of sp³-hybridized carbons (Fsp3) is 0.867. The Labute approximate surface area is 115 Å². The van der Waals surface area contributed by atoms with Crippen LogP contribution in [0.2, 0.25) is 0 Å². The number of aliphatic carboxylic acids is 1. The molecule has 0 heterocycles. The molecule has 0 spiro atoms. The van der Waals surface area contributed by atoms with Gasteiger partial charge in [0.1, 0.15) is 6.29 Å². The summed E-state index contributed by atoms with van der Waals surface area (Å²) in [7, 11) is 0. The summed E-state index contributed by atoms with van der Waals surface area (Å²) in [5.74, 6) is -1.27. The van der Waals surface area contributed by atoms with E-state index in [9.17, 15) is 19.8 Å². The molecule has 0 bridgehead atoms. The second-order valence-corrected chi connectivity index (χ2v) is 5.63. The van der Waals surface area contributed by atoms with Crippen molar-refractivity contribution in [3.8, 4) is 0 Å². The number of hydrogen-bond acceptors (Lipinski definition) is 3. The van der Waals surface area contributed by atoms with Gasteiger partial charge in [-0.1, -0.05) is 32.1 Å². The number of carboxylic acid groups (broad SMARTS) is 1. The van der Waals surface area contributed by atoms with Gasteiger partial charge < -0.3 is 15.0 Å². The van der Waals surface area contributed by atoms with Gasteiger partial charge in [0.05, 0.1) is 12.0 Å². The predicted molar refractivity (Wildman–Crippen MR) is 72.9 cm³/mol. The highest BCUT2D eigenvalue weighted by atomic mass is 16.4. The van der Waals surface area contributed by atoms with E-state index in [0.717, 1.165) is 57.7 Å². The summed E-state index contributed by atoms with van der Waals surface area (Å²) < 4.78 is 0. The second kappa shape index (κ2) is 9.08. The van der Waals surface area contributed by atoms with Gasteiger partial charge in [0.2, 0.25) is 0 Å². The summed E-state index contributed by atoms with van der Waals surface area (Å²) in [4.78, 5) is 21.3. The number of carboxylic acids is 1. The highest BCUT2D eigenvalue weighted by Crippen LogP contribution is 2.34. The summed E-state index contributed by atoms with van der Waals surface area (Å²) in [6, 6.07) is 0. The van der Waals surface area contributed by atoms with Crippen LogP contribution in [-0.2, 0) is 9.59 Å². The zero-order chi connectivity index (χ0) is 14.1. The lowest BCUT2D eigenvalue weighted by molar-refractivity contribution is -0.150. The fourth-order valence-corrected chi connectivity index (χ4v) is 3.12. The Balaban J connectivity index is 2.19. The standard InChI is InChI=1S/C15H26O4/c16-11-6-4-2-1-3-5-8-12-9-7-10-13(17)14(12)15(18)19/h11-14,17H,1-10H2,(H,18,19). The van der Waals surface area contributed by atoms with Gasteiger partial charge in [-0.05, 0) is 31.6 Å². The van der Waals surface area contributed by atoms with Crippen molar-refractivity contribution < 1.29 is 19.8 Å². The molecule has 0 aromatic heterocycles. The van der Waals surface area contributed by atoms with E-state index in [1.807, 2.05) is 0 Å². The number of unbranched alkanes of at least 4 members (excludes halogenated alkanes) is 5. The largest absolute Gasteiger partial charge is 0.481 e. The fourth-order valence-electron chi connectivity index (χ4n) is 3.12. The maximum atomic E-state index is 11.2. The molecule has 0 radical (unpaired) electrons. The Morgan fingerprint density at radius 2 is 1.79 bits per heavy atom. The van der Waals surface area contributed by atoms with Gasteiger partial charge in [-0.2, -0.15) is 0 Å². The van der Waals surface area contributed by atoms with Crippen molar-refractivity contribution in [3.63, 3.8) is 0 Å². The lowest BCUT2D eigenvalue weighted by Gasteiger charge is -2.32. The van der Waals surface area contributed by atoms with Crippen molar-refractivity contribution in [2.24, 2.45) is 11.8 Å². The van der Waals surface area contributed by atoms with E-state index in [4.69, 9.17) is 0 Å². The molecule has 19 heavy (non-hydrogen) atoms. The molecule has 1 rings (SSSR count). The lowest BCUT2D eigenvalue weighted by atomic mass is 9.75. The minimum Gasteiger partial charge on any atom is -0.481 e. The first-order valence-electron chi connectivity index (χ1n) is 7.51. The van der Waals surface area contributed by atoms with Crippen LogP contribution in [0.25, 0.3) is 0 Å². The van der Waals surface area contributed by atoms with E-state index in [-0.39, 0.29) is 5.92 Å². The molecule has 0 aromatic rings. The maximum Gasteiger partial charge on any atom is 0.309 e. The van der Waals surface area contributed by atoms with Gasteiger partial charge in [-0.15, -0.1) is 0 Å². The van der Waals surface area contributed by atoms with Crippen LogP contribution in [0, 0.1) is 11.8 Å². The molecule has 3 atom stereocenters. The maximum absolute atomic E-state index is 11.2. The van der Waals surface area contributed by atoms with Crippen molar-refractivity contribution in [2.75, 3.05) is 0 Å². The van der Waals surface area contributed by atoms with Crippen LogP contribution in [0.1, 0.15) is 64.2 Å². The Morgan fingerprint density at radius 1 is 1.11 bits per heavy atom. The molecule has 1 saturated carbocycles. The number of carbonyl (C=O) groups excluding carboxylic acids is 1. The van der Waals surface area contributed by atoms with Gasteiger partial charge in [-0.3, -0.25) is 4.79 Å². The lowest BCUT2D eigenvalue weighted by Crippen LogP contribution is -2.38. The van der Waals surface area contributed by atoms with Crippen LogP contribution in [-0.4, -0.2) is 28.6 Å². The Bertz CT molecular complexity index is 277. The molecule has 0 aromatic carbocycles. The highest BCUT2D eigenvalue weighted by molar-refractivity contribution is 5.71. The number of carbonyl (C=O) groups is 2. The molecule has 0 saturated heterocycles. The summed E-state index contributed by atoms with van der Waals surface area (Å²) in [5, 5.41) is 19.0. The van der Waals surface area contributed by atoms with Gasteiger partial charge in [0.25, 0.3) is 0 Å². The Morgan fingerprint density at radius 3 is 2.47 bits per heavy atom. The molecular formula is C15H26O4. The van der Waals surface area contributed by atoms with Crippen molar-refractivity contribution in [1.29, 1.82) is 0 Å². The summed E-state index contributed by atoms with van der Waals surface area (Å²) in [6.45, 7) is 0. The minimum atomic E-state index is -0.844. The summed E-state index contributed by atoms with van der Waals surface area (Å²) >= 11 is 0. The smallest absolute Gasteiger partial charge is 0.309 e. The highest BCUT2D eigenvalue weighted by Gasteiger charge is 2.36. The van der Waals surface area contributed by atoms with Crippen molar-refractivity contribution in [2.45, 2.75) is 70.3 Å². The molecule has 1 fully saturated rings. The van der Waals surface area contributed by atoms with Crippen molar-refractivity contribution >= 4 is 12.3 Å². The molecule has 4 nitrogen and oxygen atoms in total. The topological polar surface area (TPSA) is 74.6 Å². The van der Waals surface area contributed by atoms with Crippen LogP contribution >= 0.6 is 0 Å². The summed E-state index contributed by atoms with van der Waals surface area (Å²) in [6.07, 6.45) is 9.62. The molecule has 110 valence electrons. The van der Waals surface area contributed by atoms with E-state index >= 15 is 0 Å². The zero-order valence-electron chi connectivity index (χ0n) is 11.6. The molecule has 4 heteroatoms. The molecule has 2 N–H and O–H groups in total. The first-order chi connectivity index (χ1) is 9.16. The van der Waals surface area contributed by atoms with Crippen molar-refractivity contribution in [1.82, 2.24) is 0 Å². The van der Waals surface area contributed by atoms with Crippen LogP contribution < -0.4 is 0 Å². The second-order valence-electron chi connectivity index (χ2n) is 5.63. The minimum absolute atomic E-state index is 0.135. The van der Waals surface area contributed by atoms with Gasteiger partial charge >= 0.3 is 5.97 Å². The van der Waals surface area contributed by atoms with Gasteiger partial charge in [0.15, 0.2) is 0 Å². The average molecular weight is 270 g/mol. The zero-order valence-corrected chi connectivity index (χ0v) is 11.6. The molecular weight excluding hydrogens is 244 g/mol. The number of aldehydes is 1. The molecule has 1 aliphatic rings. The number of hydrogen-bond donors (Lipinski definition) is 2. The predicted octanol–water partition coefficient (Wildman–Crippen LogP) is 2.78. The van der Waals surface area contributed by atoms with Gasteiger partial charge in [0, 0.05) is 6.42 Å². The monoisotopic (exact) mass is 270 g/mol. The number of rotatable bonds is 9. The molecule has 1 aliphatic carbocycles. The van der Waals surface area contributed by atoms with Crippen molar-refractivity contribution in [3.05, 3.63) is 0 Å². The molecule has 0 aliphatic heterocycles. The normalized spacial score (nSPS) is 27.1. The molecule has 3 unspecified atom stereocenters.